The Labute approximate surface area is 105 Å². The predicted octanol–water partition coefficient (Wildman–Crippen LogP) is 4.56. The molecule has 2 nitrogen and oxygen atoms in total. The summed E-state index contributed by atoms with van der Waals surface area (Å²) in [5, 5.41) is 8.75. The number of carbonyl (C=O) groups is 1. The van der Waals surface area contributed by atoms with Crippen molar-refractivity contribution in [2.75, 3.05) is 0 Å². The Bertz CT molecular complexity index is 250. The average Bonchev–Trinajstić information content (AvgIpc) is 2.27. The van der Waals surface area contributed by atoms with E-state index in [1.54, 1.807) is 0 Å². The fourth-order valence-electron chi connectivity index (χ4n) is 1.80. The molecule has 0 aliphatic rings. The number of unbranched alkanes of at least 4 members (excludes halogenated alkanes) is 4. The Kier molecular flexibility index (Phi) is 10.8. The summed E-state index contributed by atoms with van der Waals surface area (Å²) in [5.74, 6) is -0.575. The Hall–Kier alpha value is -1.01. The lowest BCUT2D eigenvalue weighted by Crippen LogP contribution is -2.04. The van der Waals surface area contributed by atoms with Crippen LogP contribution in [0.15, 0.2) is 17.9 Å². The molecule has 0 amide bonds. The molecule has 98 valence electrons. The molecule has 0 aromatic heterocycles. The van der Waals surface area contributed by atoms with E-state index in [1.165, 1.54) is 25.7 Å². The zero-order valence-corrected chi connectivity index (χ0v) is 11.2. The maximum atomic E-state index is 10.6. The van der Waals surface area contributed by atoms with Crippen LogP contribution >= 0.6 is 0 Å². The molecule has 0 unspecified atom stereocenters. The van der Waals surface area contributed by atoms with Gasteiger partial charge in [-0.1, -0.05) is 39.5 Å². The first-order valence-corrected chi connectivity index (χ1v) is 6.83. The molecular weight excluding hydrogens is 212 g/mol. The van der Waals surface area contributed by atoms with E-state index < -0.39 is 5.97 Å². The Morgan fingerprint density at radius 1 is 1.24 bits per heavy atom. The largest absolute Gasteiger partial charge is 0.481 e. The van der Waals surface area contributed by atoms with E-state index in [9.17, 15) is 4.79 Å². The normalized spacial score (nSPS) is 11.6. The molecule has 0 aromatic carbocycles. The van der Waals surface area contributed by atoms with Crippen LogP contribution in [0.3, 0.4) is 0 Å². The summed E-state index contributed by atoms with van der Waals surface area (Å²) >= 11 is 0. The molecule has 1 atom stereocenters. The van der Waals surface area contributed by atoms with Crippen molar-refractivity contribution < 1.29 is 9.90 Å². The fourth-order valence-corrected chi connectivity index (χ4v) is 1.80. The van der Waals surface area contributed by atoms with E-state index >= 15 is 0 Å². The van der Waals surface area contributed by atoms with Crippen molar-refractivity contribution in [2.24, 2.45) is 5.92 Å². The van der Waals surface area contributed by atoms with E-state index in [2.05, 4.69) is 19.6 Å². The van der Waals surface area contributed by atoms with Crippen molar-refractivity contribution in [3.63, 3.8) is 0 Å². The van der Waals surface area contributed by atoms with Crippen molar-refractivity contribution in [2.45, 2.75) is 65.2 Å². The van der Waals surface area contributed by atoms with Crippen LogP contribution in [0.2, 0.25) is 0 Å². The lowest BCUT2D eigenvalue weighted by Gasteiger charge is -2.05. The molecule has 0 aromatic rings. The van der Waals surface area contributed by atoms with Gasteiger partial charge in [-0.2, -0.15) is 0 Å². The van der Waals surface area contributed by atoms with Crippen molar-refractivity contribution in [3.8, 4) is 0 Å². The van der Waals surface area contributed by atoms with Gasteiger partial charge in [-0.05, 0) is 37.3 Å². The van der Waals surface area contributed by atoms with Gasteiger partial charge in [-0.25, -0.2) is 0 Å². The van der Waals surface area contributed by atoms with Crippen LogP contribution in [0, 0.1) is 5.92 Å². The predicted molar refractivity (Wildman–Crippen MR) is 72.1 cm³/mol. The van der Waals surface area contributed by atoms with Crippen LogP contribution in [0.25, 0.3) is 0 Å². The second-order valence-electron chi connectivity index (χ2n) is 4.53. The summed E-state index contributed by atoms with van der Waals surface area (Å²) in [6.45, 7) is 4.29. The SMILES string of the molecule is CCCCCCC=C=C[C@@H](CCC)CC(=O)O. The minimum absolute atomic E-state index is 0.143. The van der Waals surface area contributed by atoms with E-state index in [1.807, 2.05) is 12.2 Å². The maximum Gasteiger partial charge on any atom is 0.303 e. The van der Waals surface area contributed by atoms with Gasteiger partial charge < -0.3 is 5.11 Å². The first kappa shape index (κ1) is 16.0. The van der Waals surface area contributed by atoms with Crippen molar-refractivity contribution in [1.82, 2.24) is 0 Å². The van der Waals surface area contributed by atoms with Crippen molar-refractivity contribution >= 4 is 5.97 Å². The van der Waals surface area contributed by atoms with E-state index in [4.69, 9.17) is 5.11 Å². The minimum Gasteiger partial charge on any atom is -0.481 e. The molecule has 0 saturated heterocycles. The molecule has 17 heavy (non-hydrogen) atoms. The summed E-state index contributed by atoms with van der Waals surface area (Å²) in [6, 6.07) is 0. The average molecular weight is 238 g/mol. The third-order valence-corrected chi connectivity index (χ3v) is 2.75. The first-order chi connectivity index (χ1) is 8.20. The van der Waals surface area contributed by atoms with Gasteiger partial charge in [0, 0.05) is 0 Å². The molecule has 0 aliphatic carbocycles. The Balaban J connectivity index is 3.88. The Morgan fingerprint density at radius 2 is 2.00 bits per heavy atom. The smallest absolute Gasteiger partial charge is 0.303 e. The zero-order valence-electron chi connectivity index (χ0n) is 11.2. The third kappa shape index (κ3) is 11.3. The second kappa shape index (κ2) is 11.5. The van der Waals surface area contributed by atoms with Crippen LogP contribution in [-0.2, 0) is 4.79 Å². The summed E-state index contributed by atoms with van der Waals surface area (Å²) in [5.41, 5.74) is 3.14. The highest BCUT2D eigenvalue weighted by atomic mass is 16.4. The van der Waals surface area contributed by atoms with Crippen molar-refractivity contribution in [3.05, 3.63) is 17.9 Å². The molecule has 0 bridgehead atoms. The van der Waals surface area contributed by atoms with Gasteiger partial charge in [0.25, 0.3) is 0 Å². The quantitative estimate of drug-likeness (QED) is 0.447. The standard InChI is InChI=1S/C15H26O2/c1-3-5-6-7-8-9-10-12-14(11-4-2)13-15(16)17/h9,12,14H,3-8,11,13H2,1-2H3,(H,16,17)/t10?,14-/m1/s1. The topological polar surface area (TPSA) is 37.3 Å². The number of rotatable bonds is 10. The number of carboxylic acids is 1. The van der Waals surface area contributed by atoms with Gasteiger partial charge in [-0.3, -0.25) is 4.79 Å². The molecule has 1 N–H and O–H groups in total. The number of carboxylic acid groups (broad SMARTS) is 1. The number of hydrogen-bond donors (Lipinski definition) is 1. The molecule has 0 aliphatic heterocycles. The molecule has 0 rings (SSSR count). The van der Waals surface area contributed by atoms with Crippen LogP contribution in [0.4, 0.5) is 0 Å². The first-order valence-electron chi connectivity index (χ1n) is 6.83. The summed E-state index contributed by atoms with van der Waals surface area (Å²) in [4.78, 5) is 10.6. The van der Waals surface area contributed by atoms with Crippen LogP contribution in [0.5, 0.6) is 0 Å². The molecule has 0 heterocycles. The monoisotopic (exact) mass is 238 g/mol. The van der Waals surface area contributed by atoms with Crippen molar-refractivity contribution in [1.29, 1.82) is 0 Å². The number of aliphatic carboxylic acids is 1. The molecule has 0 fully saturated rings. The van der Waals surface area contributed by atoms with Gasteiger partial charge >= 0.3 is 5.97 Å². The van der Waals surface area contributed by atoms with Crippen LogP contribution in [-0.4, -0.2) is 11.1 Å². The lowest BCUT2D eigenvalue weighted by atomic mass is 10.00. The van der Waals surface area contributed by atoms with E-state index in [-0.39, 0.29) is 12.3 Å². The lowest BCUT2D eigenvalue weighted by molar-refractivity contribution is -0.137. The van der Waals surface area contributed by atoms with E-state index in [0.717, 1.165) is 19.3 Å². The maximum absolute atomic E-state index is 10.6. The minimum atomic E-state index is -0.718. The van der Waals surface area contributed by atoms with Gasteiger partial charge in [0.15, 0.2) is 0 Å². The van der Waals surface area contributed by atoms with Gasteiger partial charge in [0.1, 0.15) is 0 Å². The summed E-state index contributed by atoms with van der Waals surface area (Å²) in [7, 11) is 0. The highest BCUT2D eigenvalue weighted by Gasteiger charge is 2.07. The molecule has 0 radical (unpaired) electrons. The van der Waals surface area contributed by atoms with Crippen LogP contribution < -0.4 is 0 Å². The fraction of sp³-hybridized carbons (Fsp3) is 0.733. The second-order valence-corrected chi connectivity index (χ2v) is 4.53. The molecule has 0 saturated carbocycles. The Morgan fingerprint density at radius 3 is 2.59 bits per heavy atom. The molecule has 0 spiro atoms. The van der Waals surface area contributed by atoms with Crippen LogP contribution in [0.1, 0.15) is 65.2 Å². The van der Waals surface area contributed by atoms with E-state index in [0.29, 0.717) is 0 Å². The molecular formula is C15H26O2. The van der Waals surface area contributed by atoms with Gasteiger partial charge in [0.05, 0.1) is 6.42 Å². The summed E-state index contributed by atoms with van der Waals surface area (Å²) in [6.07, 6.45) is 12.3. The third-order valence-electron chi connectivity index (χ3n) is 2.75. The highest BCUT2D eigenvalue weighted by molar-refractivity contribution is 5.67. The zero-order chi connectivity index (χ0) is 12.9. The van der Waals surface area contributed by atoms with Gasteiger partial charge in [0.2, 0.25) is 0 Å². The summed E-state index contributed by atoms with van der Waals surface area (Å²) < 4.78 is 0. The van der Waals surface area contributed by atoms with Gasteiger partial charge in [-0.15, -0.1) is 5.73 Å². The number of hydrogen-bond acceptors (Lipinski definition) is 1. The molecule has 2 heteroatoms. The highest BCUT2D eigenvalue weighted by Crippen LogP contribution is 2.12. The number of allylic oxidation sites excluding steroid dienone is 1.